The first-order valence-electron chi connectivity index (χ1n) is 15.5. The van der Waals surface area contributed by atoms with Crippen molar-refractivity contribution in [2.45, 2.75) is 19.3 Å². The Morgan fingerprint density at radius 3 is 1.64 bits per heavy atom. The third-order valence-corrected chi connectivity index (χ3v) is 9.12. The second kappa shape index (κ2) is 10.8. The molecule has 0 N–H and O–H groups in total. The zero-order valence-corrected chi connectivity index (χ0v) is 25.4. The van der Waals surface area contributed by atoms with Crippen LogP contribution in [0.2, 0.25) is 0 Å². The minimum atomic E-state index is -0.0356. The number of hydrogen-bond donors (Lipinski definition) is 0. The molecular formula is C43H32N2. The maximum atomic E-state index is 5.14. The Balaban J connectivity index is 1.28. The summed E-state index contributed by atoms with van der Waals surface area (Å²) in [6.45, 7) is 4.67. The maximum absolute atomic E-state index is 5.14. The molecule has 0 atom stereocenters. The first-order chi connectivity index (χ1) is 22.1. The molecule has 0 unspecified atom stereocenters. The van der Waals surface area contributed by atoms with Crippen molar-refractivity contribution in [3.05, 3.63) is 169 Å². The SMILES string of the molecule is CC1(C)c2ccccc2-c2c(-c3cccc(-c4ccccc4-c4cc(-c5ccccc5)nc(-c5ccccc5)n4)c3)cccc21. The molecule has 0 radical (unpaired) electrons. The minimum absolute atomic E-state index is 0.0356. The Bertz CT molecular complexity index is 2120. The van der Waals surface area contributed by atoms with E-state index in [4.69, 9.17) is 9.97 Å². The van der Waals surface area contributed by atoms with Gasteiger partial charge in [-0.05, 0) is 56.6 Å². The third kappa shape index (κ3) is 4.67. The van der Waals surface area contributed by atoms with Crippen LogP contribution in [0.25, 0.3) is 67.3 Å². The van der Waals surface area contributed by atoms with E-state index in [0.29, 0.717) is 0 Å². The molecule has 1 aliphatic rings. The van der Waals surface area contributed by atoms with Crippen LogP contribution in [0.5, 0.6) is 0 Å². The molecule has 0 fully saturated rings. The lowest BCUT2D eigenvalue weighted by atomic mass is 9.82. The minimum Gasteiger partial charge on any atom is -0.228 e. The van der Waals surface area contributed by atoms with Crippen LogP contribution in [-0.4, -0.2) is 9.97 Å². The average Bonchev–Trinajstić information content (AvgIpc) is 3.35. The van der Waals surface area contributed by atoms with Crippen LogP contribution in [0, 0.1) is 0 Å². The van der Waals surface area contributed by atoms with E-state index in [-0.39, 0.29) is 5.41 Å². The van der Waals surface area contributed by atoms with E-state index in [9.17, 15) is 0 Å². The molecule has 1 heterocycles. The highest BCUT2D eigenvalue weighted by Gasteiger charge is 2.36. The Morgan fingerprint density at radius 1 is 0.378 bits per heavy atom. The Hall–Kier alpha value is -5.60. The van der Waals surface area contributed by atoms with Crippen LogP contribution in [0.15, 0.2) is 158 Å². The highest BCUT2D eigenvalue weighted by atomic mass is 14.9. The average molecular weight is 577 g/mol. The van der Waals surface area contributed by atoms with Gasteiger partial charge in [-0.25, -0.2) is 9.97 Å². The summed E-state index contributed by atoms with van der Waals surface area (Å²) in [6.07, 6.45) is 0. The summed E-state index contributed by atoms with van der Waals surface area (Å²) >= 11 is 0. The standard InChI is InChI=1S/C43H32N2/c1-43(2)37-25-12-11-23-36(37)41-34(24-14-26-38(41)43)32-20-13-19-31(27-32)33-21-9-10-22-35(33)40-28-39(29-15-5-3-6-16-29)44-42(45-40)30-17-7-4-8-18-30/h3-28H,1-2H3. The molecule has 1 aromatic heterocycles. The van der Waals surface area contributed by atoms with Crippen molar-refractivity contribution in [2.24, 2.45) is 0 Å². The van der Waals surface area contributed by atoms with Crippen molar-refractivity contribution in [3.63, 3.8) is 0 Å². The van der Waals surface area contributed by atoms with E-state index < -0.39 is 0 Å². The Labute approximate surface area is 264 Å². The second-order valence-electron chi connectivity index (χ2n) is 12.2. The van der Waals surface area contributed by atoms with Gasteiger partial charge in [0, 0.05) is 22.1 Å². The fourth-order valence-electron chi connectivity index (χ4n) is 6.87. The number of aromatic nitrogens is 2. The van der Waals surface area contributed by atoms with E-state index in [1.165, 1.54) is 33.4 Å². The summed E-state index contributed by atoms with van der Waals surface area (Å²) < 4.78 is 0. The van der Waals surface area contributed by atoms with Gasteiger partial charge in [0.2, 0.25) is 0 Å². The molecule has 214 valence electrons. The zero-order valence-electron chi connectivity index (χ0n) is 25.4. The van der Waals surface area contributed by atoms with Crippen molar-refractivity contribution in [3.8, 4) is 67.3 Å². The van der Waals surface area contributed by atoms with E-state index in [1.54, 1.807) is 0 Å². The number of rotatable bonds is 5. The summed E-state index contributed by atoms with van der Waals surface area (Å²) in [5.41, 5.74) is 15.2. The van der Waals surface area contributed by atoms with Gasteiger partial charge < -0.3 is 0 Å². The normalized spacial score (nSPS) is 12.8. The van der Waals surface area contributed by atoms with Crippen LogP contribution < -0.4 is 0 Å². The number of hydrogen-bond acceptors (Lipinski definition) is 2. The van der Waals surface area contributed by atoms with Crippen molar-refractivity contribution in [1.82, 2.24) is 9.97 Å². The molecule has 0 spiro atoms. The molecule has 0 bridgehead atoms. The molecule has 0 saturated carbocycles. The first kappa shape index (κ1) is 27.0. The van der Waals surface area contributed by atoms with Crippen LogP contribution in [0.3, 0.4) is 0 Å². The van der Waals surface area contributed by atoms with Crippen LogP contribution >= 0.6 is 0 Å². The van der Waals surface area contributed by atoms with E-state index in [2.05, 4.69) is 147 Å². The van der Waals surface area contributed by atoms with Gasteiger partial charge in [-0.3, -0.25) is 0 Å². The number of fused-ring (bicyclic) bond motifs is 3. The molecule has 45 heavy (non-hydrogen) atoms. The van der Waals surface area contributed by atoms with Gasteiger partial charge in [-0.2, -0.15) is 0 Å². The monoisotopic (exact) mass is 576 g/mol. The molecule has 1 aliphatic carbocycles. The Morgan fingerprint density at radius 2 is 0.889 bits per heavy atom. The molecular weight excluding hydrogens is 544 g/mol. The fraction of sp³-hybridized carbons (Fsp3) is 0.0698. The number of benzene rings is 6. The molecule has 0 aliphatic heterocycles. The molecule has 7 aromatic rings. The van der Waals surface area contributed by atoms with Crippen LogP contribution in [-0.2, 0) is 5.41 Å². The molecule has 2 heteroatoms. The zero-order chi connectivity index (χ0) is 30.4. The van der Waals surface area contributed by atoms with E-state index >= 15 is 0 Å². The lowest BCUT2D eigenvalue weighted by Crippen LogP contribution is -2.14. The fourth-order valence-corrected chi connectivity index (χ4v) is 6.87. The van der Waals surface area contributed by atoms with E-state index in [1.807, 2.05) is 24.3 Å². The lowest BCUT2D eigenvalue weighted by Gasteiger charge is -2.21. The van der Waals surface area contributed by atoms with Crippen LogP contribution in [0.4, 0.5) is 0 Å². The molecule has 6 aromatic carbocycles. The smallest absolute Gasteiger partial charge is 0.160 e. The van der Waals surface area contributed by atoms with Crippen molar-refractivity contribution >= 4 is 0 Å². The van der Waals surface area contributed by atoms with Gasteiger partial charge in [0.25, 0.3) is 0 Å². The summed E-state index contributed by atoms with van der Waals surface area (Å²) in [4.78, 5) is 10.2. The molecule has 8 rings (SSSR count). The van der Waals surface area contributed by atoms with Crippen molar-refractivity contribution in [2.75, 3.05) is 0 Å². The van der Waals surface area contributed by atoms with Gasteiger partial charge in [0.15, 0.2) is 5.82 Å². The van der Waals surface area contributed by atoms with Gasteiger partial charge in [-0.1, -0.05) is 159 Å². The summed E-state index contributed by atoms with van der Waals surface area (Å²) in [6, 6.07) is 55.9. The lowest BCUT2D eigenvalue weighted by molar-refractivity contribution is 0.660. The predicted octanol–water partition coefficient (Wildman–Crippen LogP) is 11.1. The third-order valence-electron chi connectivity index (χ3n) is 9.12. The highest BCUT2D eigenvalue weighted by Crippen LogP contribution is 2.52. The van der Waals surface area contributed by atoms with Crippen LogP contribution in [0.1, 0.15) is 25.0 Å². The quantitative estimate of drug-likeness (QED) is 0.204. The van der Waals surface area contributed by atoms with Gasteiger partial charge in [-0.15, -0.1) is 0 Å². The largest absolute Gasteiger partial charge is 0.228 e. The summed E-state index contributed by atoms with van der Waals surface area (Å²) in [5, 5.41) is 0. The first-order valence-corrected chi connectivity index (χ1v) is 15.5. The number of nitrogens with zero attached hydrogens (tertiary/aromatic N) is 2. The van der Waals surface area contributed by atoms with Gasteiger partial charge in [0.05, 0.1) is 11.4 Å². The second-order valence-corrected chi connectivity index (χ2v) is 12.2. The van der Waals surface area contributed by atoms with E-state index in [0.717, 1.165) is 45.0 Å². The topological polar surface area (TPSA) is 25.8 Å². The van der Waals surface area contributed by atoms with Gasteiger partial charge in [0.1, 0.15) is 0 Å². The summed E-state index contributed by atoms with van der Waals surface area (Å²) in [5.74, 6) is 0.719. The molecule has 0 amide bonds. The predicted molar refractivity (Wildman–Crippen MR) is 187 cm³/mol. The highest BCUT2D eigenvalue weighted by molar-refractivity contribution is 5.94. The van der Waals surface area contributed by atoms with Crippen molar-refractivity contribution < 1.29 is 0 Å². The maximum Gasteiger partial charge on any atom is 0.160 e. The van der Waals surface area contributed by atoms with Crippen molar-refractivity contribution in [1.29, 1.82) is 0 Å². The van der Waals surface area contributed by atoms with Gasteiger partial charge >= 0.3 is 0 Å². The molecule has 0 saturated heterocycles. The molecule has 2 nitrogen and oxygen atoms in total. The Kier molecular flexibility index (Phi) is 6.50. The summed E-state index contributed by atoms with van der Waals surface area (Å²) in [7, 11) is 0.